The van der Waals surface area contributed by atoms with Crippen LogP contribution in [0.4, 0.5) is 0 Å². The van der Waals surface area contributed by atoms with Gasteiger partial charge in [0, 0.05) is 25.1 Å². The van der Waals surface area contributed by atoms with Gasteiger partial charge in [0.2, 0.25) is 11.7 Å². The Balaban J connectivity index is 1.36. The number of carbonyl (C=O) groups excluding carboxylic acids is 1. The Morgan fingerprint density at radius 2 is 2.00 bits per heavy atom. The van der Waals surface area contributed by atoms with Crippen LogP contribution in [0.25, 0.3) is 0 Å². The van der Waals surface area contributed by atoms with Crippen LogP contribution in [-0.4, -0.2) is 45.1 Å². The largest absolute Gasteiger partial charge is 0.485 e. The van der Waals surface area contributed by atoms with Crippen molar-refractivity contribution in [3.8, 4) is 5.75 Å². The van der Waals surface area contributed by atoms with E-state index in [4.69, 9.17) is 9.26 Å². The fraction of sp³-hybridized carbons (Fsp3) is 0.500. The van der Waals surface area contributed by atoms with Crippen molar-refractivity contribution in [1.29, 1.82) is 0 Å². The quantitative estimate of drug-likeness (QED) is 0.780. The van der Waals surface area contributed by atoms with E-state index in [-0.39, 0.29) is 25.0 Å². The van der Waals surface area contributed by atoms with E-state index in [1.165, 1.54) is 0 Å². The number of hydrogen-bond acceptors (Lipinski definition) is 6. The number of carboxylic acid groups (broad SMARTS) is 1. The number of aryl methyl sites for hydroxylation is 1. The lowest BCUT2D eigenvalue weighted by Gasteiger charge is -2.16. The van der Waals surface area contributed by atoms with Crippen LogP contribution >= 0.6 is 0 Å². The molecule has 28 heavy (non-hydrogen) atoms. The van der Waals surface area contributed by atoms with Crippen molar-refractivity contribution in [2.24, 2.45) is 17.8 Å². The summed E-state index contributed by atoms with van der Waals surface area (Å²) in [7, 11) is 0. The minimum Gasteiger partial charge on any atom is -0.485 e. The SMILES string of the molecule is CCc1nc(COc2ccc(C(=O)N3C[C@H](C(=O)O)[C@@H](C4CC4)C3)cc2)no1. The van der Waals surface area contributed by atoms with Gasteiger partial charge in [0.15, 0.2) is 6.61 Å². The first-order chi connectivity index (χ1) is 13.5. The van der Waals surface area contributed by atoms with Crippen LogP contribution in [0.3, 0.4) is 0 Å². The van der Waals surface area contributed by atoms with Crippen LogP contribution in [0.5, 0.6) is 5.75 Å². The topological polar surface area (TPSA) is 106 Å². The zero-order valence-corrected chi connectivity index (χ0v) is 15.7. The van der Waals surface area contributed by atoms with Crippen LogP contribution in [0.2, 0.25) is 0 Å². The van der Waals surface area contributed by atoms with E-state index in [1.54, 1.807) is 29.2 Å². The molecule has 1 aromatic carbocycles. The average Bonchev–Trinajstić information content (AvgIpc) is 3.28. The maximum atomic E-state index is 12.8. The second kappa shape index (κ2) is 7.61. The zero-order valence-electron chi connectivity index (χ0n) is 15.7. The van der Waals surface area contributed by atoms with E-state index >= 15 is 0 Å². The first-order valence-corrected chi connectivity index (χ1v) is 9.61. The van der Waals surface area contributed by atoms with E-state index in [9.17, 15) is 14.7 Å². The molecule has 0 bridgehead atoms. The molecule has 8 heteroatoms. The lowest BCUT2D eigenvalue weighted by molar-refractivity contribution is -0.142. The lowest BCUT2D eigenvalue weighted by atomic mass is 9.92. The summed E-state index contributed by atoms with van der Waals surface area (Å²) >= 11 is 0. The lowest BCUT2D eigenvalue weighted by Crippen LogP contribution is -2.29. The third kappa shape index (κ3) is 3.85. The first-order valence-electron chi connectivity index (χ1n) is 9.61. The Bertz CT molecular complexity index is 859. The van der Waals surface area contributed by atoms with Crippen LogP contribution in [0.1, 0.15) is 41.8 Å². The predicted molar refractivity (Wildman–Crippen MR) is 97.7 cm³/mol. The molecule has 2 atom stereocenters. The Morgan fingerprint density at radius 1 is 1.25 bits per heavy atom. The van der Waals surface area contributed by atoms with Gasteiger partial charge < -0.3 is 19.3 Å². The zero-order chi connectivity index (χ0) is 19.7. The minimum absolute atomic E-state index is 0.0760. The molecule has 1 N–H and O–H groups in total. The van der Waals surface area contributed by atoms with E-state index in [1.807, 2.05) is 6.92 Å². The van der Waals surface area contributed by atoms with Gasteiger partial charge in [-0.3, -0.25) is 9.59 Å². The Kier molecular flexibility index (Phi) is 5.02. The molecule has 1 saturated carbocycles. The highest BCUT2D eigenvalue weighted by molar-refractivity contribution is 5.95. The highest BCUT2D eigenvalue weighted by atomic mass is 16.5. The number of ether oxygens (including phenoxy) is 1. The molecule has 1 aromatic heterocycles. The summed E-state index contributed by atoms with van der Waals surface area (Å²) in [5, 5.41) is 13.3. The smallest absolute Gasteiger partial charge is 0.308 e. The number of rotatable bonds is 7. The molecule has 148 valence electrons. The van der Waals surface area contributed by atoms with Crippen LogP contribution in [-0.2, 0) is 17.8 Å². The number of hydrogen-bond donors (Lipinski definition) is 1. The fourth-order valence-electron chi connectivity index (χ4n) is 3.77. The molecule has 8 nitrogen and oxygen atoms in total. The maximum Gasteiger partial charge on any atom is 0.308 e. The monoisotopic (exact) mass is 385 g/mol. The van der Waals surface area contributed by atoms with Crippen molar-refractivity contribution in [2.75, 3.05) is 13.1 Å². The van der Waals surface area contributed by atoms with Gasteiger partial charge in [-0.1, -0.05) is 12.1 Å². The van der Waals surface area contributed by atoms with Gasteiger partial charge in [-0.05, 0) is 48.9 Å². The van der Waals surface area contributed by atoms with Gasteiger partial charge in [-0.2, -0.15) is 4.98 Å². The van der Waals surface area contributed by atoms with E-state index in [2.05, 4.69) is 10.1 Å². The van der Waals surface area contributed by atoms with Gasteiger partial charge >= 0.3 is 5.97 Å². The third-order valence-corrected chi connectivity index (χ3v) is 5.48. The Labute approximate surface area is 162 Å². The number of aliphatic carboxylic acids is 1. The fourth-order valence-corrected chi connectivity index (χ4v) is 3.77. The van der Waals surface area contributed by atoms with Gasteiger partial charge in [-0.15, -0.1) is 0 Å². The molecule has 2 heterocycles. The van der Waals surface area contributed by atoms with Crippen molar-refractivity contribution in [1.82, 2.24) is 15.0 Å². The summed E-state index contributed by atoms with van der Waals surface area (Å²) in [6.45, 7) is 2.92. The molecule has 4 rings (SSSR count). The van der Waals surface area contributed by atoms with Crippen molar-refractivity contribution < 1.29 is 24.0 Å². The van der Waals surface area contributed by atoms with Crippen molar-refractivity contribution >= 4 is 11.9 Å². The van der Waals surface area contributed by atoms with Gasteiger partial charge in [0.1, 0.15) is 5.75 Å². The van der Waals surface area contributed by atoms with E-state index in [0.29, 0.717) is 41.9 Å². The van der Waals surface area contributed by atoms with Crippen LogP contribution < -0.4 is 4.74 Å². The number of likely N-dealkylation sites (tertiary alicyclic amines) is 1. The molecule has 0 unspecified atom stereocenters. The molecule has 1 aliphatic heterocycles. The van der Waals surface area contributed by atoms with Crippen LogP contribution in [0.15, 0.2) is 28.8 Å². The molecular weight excluding hydrogens is 362 g/mol. The number of carboxylic acids is 1. The Morgan fingerprint density at radius 3 is 2.61 bits per heavy atom. The molecule has 0 spiro atoms. The van der Waals surface area contributed by atoms with Crippen molar-refractivity contribution in [3.05, 3.63) is 41.5 Å². The standard InChI is InChI=1S/C20H23N3O5/c1-2-18-21-17(22-28-18)11-27-14-7-5-13(6-8-14)19(24)23-9-15(12-3-4-12)16(10-23)20(25)26/h5-8,12,15-16H,2-4,9-11H2,1H3,(H,25,26)/t15-,16+/m1/s1. The number of benzene rings is 1. The van der Waals surface area contributed by atoms with Gasteiger partial charge in [-0.25, -0.2) is 0 Å². The molecule has 1 saturated heterocycles. The second-order valence-electron chi connectivity index (χ2n) is 7.43. The summed E-state index contributed by atoms with van der Waals surface area (Å²) < 4.78 is 10.7. The second-order valence-corrected chi connectivity index (χ2v) is 7.43. The maximum absolute atomic E-state index is 12.8. The van der Waals surface area contributed by atoms with E-state index < -0.39 is 11.9 Å². The highest BCUT2D eigenvalue weighted by Crippen LogP contribution is 2.44. The van der Waals surface area contributed by atoms with Crippen molar-refractivity contribution in [2.45, 2.75) is 32.8 Å². The molecule has 2 aliphatic rings. The molecule has 1 amide bonds. The Hall–Kier alpha value is -2.90. The summed E-state index contributed by atoms with van der Waals surface area (Å²) in [6.07, 6.45) is 2.82. The predicted octanol–water partition coefficient (Wildman–Crippen LogP) is 2.39. The highest BCUT2D eigenvalue weighted by Gasteiger charge is 2.46. The minimum atomic E-state index is -0.802. The van der Waals surface area contributed by atoms with Crippen molar-refractivity contribution in [3.63, 3.8) is 0 Å². The van der Waals surface area contributed by atoms with E-state index in [0.717, 1.165) is 12.8 Å². The molecular formula is C20H23N3O5. The summed E-state index contributed by atoms with van der Waals surface area (Å²) in [6, 6.07) is 6.84. The molecule has 0 radical (unpaired) electrons. The van der Waals surface area contributed by atoms with Gasteiger partial charge in [0.05, 0.1) is 5.92 Å². The van der Waals surface area contributed by atoms with Gasteiger partial charge in [0.25, 0.3) is 5.91 Å². The number of carbonyl (C=O) groups is 2. The summed E-state index contributed by atoms with van der Waals surface area (Å²) in [4.78, 5) is 30.2. The van der Waals surface area contributed by atoms with Crippen LogP contribution in [0, 0.1) is 17.8 Å². The normalized spacial score (nSPS) is 21.7. The number of amides is 1. The number of aromatic nitrogens is 2. The molecule has 1 aliphatic carbocycles. The first kappa shape index (κ1) is 18.5. The number of nitrogens with zero attached hydrogens (tertiary/aromatic N) is 3. The molecule has 2 aromatic rings. The summed E-state index contributed by atoms with van der Waals surface area (Å²) in [5.74, 6) is 0.770. The average molecular weight is 385 g/mol. The summed E-state index contributed by atoms with van der Waals surface area (Å²) in [5.41, 5.74) is 0.528. The third-order valence-electron chi connectivity index (χ3n) is 5.48. The molecule has 2 fully saturated rings.